The number of rotatable bonds is 0. The maximum absolute atomic E-state index is 13.0. The van der Waals surface area contributed by atoms with E-state index in [2.05, 4.69) is 27.8 Å². The van der Waals surface area contributed by atoms with E-state index in [0.717, 1.165) is 0 Å². The summed E-state index contributed by atoms with van der Waals surface area (Å²) < 4.78 is 50.6. The molecule has 0 bridgehead atoms. The Hall–Kier alpha value is -1.22. The molecule has 1 nitrogen and oxygen atoms in total. The van der Waals surface area contributed by atoms with Gasteiger partial charge in [-0.05, 0) is 12.1 Å². The van der Waals surface area contributed by atoms with Crippen molar-refractivity contribution < 1.29 is 17.6 Å². The molecule has 16 heavy (non-hydrogen) atoms. The highest BCUT2D eigenvalue weighted by molar-refractivity contribution is 9.09. The number of benzene rings is 1. The van der Waals surface area contributed by atoms with Crippen molar-refractivity contribution in [3.63, 3.8) is 0 Å². The molecule has 1 rings (SSSR count). The average molecular weight is 296 g/mol. The first-order valence-corrected chi connectivity index (χ1v) is 5.19. The number of hydrogen-bond donors (Lipinski definition) is 1. The Labute approximate surface area is 97.8 Å². The minimum Gasteiger partial charge on any atom is -0.396 e. The van der Waals surface area contributed by atoms with Gasteiger partial charge in [-0.2, -0.15) is 13.2 Å². The molecule has 86 valence electrons. The summed E-state index contributed by atoms with van der Waals surface area (Å²) in [6.45, 7) is 0. The van der Waals surface area contributed by atoms with E-state index in [1.807, 2.05) is 0 Å². The van der Waals surface area contributed by atoms with Crippen molar-refractivity contribution in [3.05, 3.63) is 29.1 Å². The Bertz CT molecular complexity index is 456. The Balaban J connectivity index is 3.39. The van der Waals surface area contributed by atoms with Gasteiger partial charge < -0.3 is 5.73 Å². The van der Waals surface area contributed by atoms with Crippen molar-refractivity contribution in [2.24, 2.45) is 0 Å². The molecule has 0 atom stereocenters. The highest BCUT2D eigenvalue weighted by Gasteiger charge is 2.33. The smallest absolute Gasteiger partial charge is 0.396 e. The zero-order chi connectivity index (χ0) is 12.3. The van der Waals surface area contributed by atoms with Crippen LogP contribution in [0.2, 0.25) is 0 Å². The van der Waals surface area contributed by atoms with E-state index in [1.165, 1.54) is 0 Å². The summed E-state index contributed by atoms with van der Waals surface area (Å²) in [5.41, 5.74) is 3.09. The molecular formula is C10H6BrF4N. The molecule has 0 amide bonds. The number of alkyl halides is 4. The second kappa shape index (κ2) is 4.74. The topological polar surface area (TPSA) is 26.0 Å². The second-order valence-corrected chi connectivity index (χ2v) is 3.41. The first-order chi connectivity index (χ1) is 7.36. The third-order valence-corrected chi connectivity index (χ3v) is 2.01. The van der Waals surface area contributed by atoms with E-state index in [9.17, 15) is 17.6 Å². The fourth-order valence-electron chi connectivity index (χ4n) is 1.06. The van der Waals surface area contributed by atoms with E-state index >= 15 is 0 Å². The fraction of sp³-hybridized carbons (Fsp3) is 0.200. The van der Waals surface area contributed by atoms with Crippen LogP contribution >= 0.6 is 15.9 Å². The highest BCUT2D eigenvalue weighted by Crippen LogP contribution is 2.33. The van der Waals surface area contributed by atoms with Crippen molar-refractivity contribution >= 4 is 21.6 Å². The molecule has 1 aromatic rings. The van der Waals surface area contributed by atoms with E-state index in [-0.39, 0.29) is 5.33 Å². The van der Waals surface area contributed by atoms with Crippen LogP contribution in [-0.2, 0) is 6.18 Å². The lowest BCUT2D eigenvalue weighted by Gasteiger charge is -2.10. The van der Waals surface area contributed by atoms with Crippen LogP contribution in [0.5, 0.6) is 0 Å². The normalized spacial score (nSPS) is 10.8. The summed E-state index contributed by atoms with van der Waals surface area (Å²) in [4.78, 5) is 0. The summed E-state index contributed by atoms with van der Waals surface area (Å²) >= 11 is 2.94. The summed E-state index contributed by atoms with van der Waals surface area (Å²) in [7, 11) is 0. The predicted molar refractivity (Wildman–Crippen MR) is 56.5 cm³/mol. The minimum atomic E-state index is -4.60. The summed E-state index contributed by atoms with van der Waals surface area (Å²) in [6.07, 6.45) is -4.60. The molecule has 0 unspecified atom stereocenters. The van der Waals surface area contributed by atoms with Crippen LogP contribution < -0.4 is 5.73 Å². The van der Waals surface area contributed by atoms with Crippen LogP contribution in [0.3, 0.4) is 0 Å². The van der Waals surface area contributed by atoms with Crippen molar-refractivity contribution in [1.29, 1.82) is 0 Å². The predicted octanol–water partition coefficient (Wildman–Crippen LogP) is 3.17. The van der Waals surface area contributed by atoms with Crippen molar-refractivity contribution in [2.75, 3.05) is 11.1 Å². The van der Waals surface area contributed by atoms with Gasteiger partial charge in [0.25, 0.3) is 0 Å². The van der Waals surface area contributed by atoms with Gasteiger partial charge in [-0.25, -0.2) is 4.39 Å². The maximum atomic E-state index is 13.0. The lowest BCUT2D eigenvalue weighted by Crippen LogP contribution is -2.09. The number of nitrogens with two attached hydrogens (primary N) is 1. The average Bonchev–Trinajstić information content (AvgIpc) is 2.17. The first kappa shape index (κ1) is 12.8. The molecule has 0 heterocycles. The van der Waals surface area contributed by atoms with Crippen LogP contribution in [0.25, 0.3) is 0 Å². The van der Waals surface area contributed by atoms with Gasteiger partial charge in [0, 0.05) is 5.56 Å². The van der Waals surface area contributed by atoms with E-state index in [4.69, 9.17) is 5.73 Å². The van der Waals surface area contributed by atoms with E-state index < -0.39 is 28.8 Å². The van der Waals surface area contributed by atoms with Crippen molar-refractivity contribution in [1.82, 2.24) is 0 Å². The Morgan fingerprint density at radius 2 is 1.94 bits per heavy atom. The Morgan fingerprint density at radius 1 is 1.31 bits per heavy atom. The molecule has 0 saturated carbocycles. The van der Waals surface area contributed by atoms with Crippen LogP contribution in [0.4, 0.5) is 23.2 Å². The zero-order valence-electron chi connectivity index (χ0n) is 7.83. The SMILES string of the molecule is Nc1cc(C(F)(F)F)c(C#CCBr)cc1F. The van der Waals surface area contributed by atoms with Gasteiger partial charge in [-0.15, -0.1) is 0 Å². The first-order valence-electron chi connectivity index (χ1n) is 4.07. The lowest BCUT2D eigenvalue weighted by molar-refractivity contribution is -0.137. The van der Waals surface area contributed by atoms with Gasteiger partial charge >= 0.3 is 6.18 Å². The van der Waals surface area contributed by atoms with Gasteiger partial charge in [-0.3, -0.25) is 0 Å². The van der Waals surface area contributed by atoms with Crippen LogP contribution in [-0.4, -0.2) is 5.33 Å². The number of nitrogen functional groups attached to an aromatic ring is 1. The van der Waals surface area contributed by atoms with E-state index in [1.54, 1.807) is 0 Å². The van der Waals surface area contributed by atoms with E-state index in [0.29, 0.717) is 12.1 Å². The number of halogens is 5. The number of hydrogen-bond acceptors (Lipinski definition) is 1. The molecule has 0 aliphatic heterocycles. The molecule has 0 aromatic heterocycles. The van der Waals surface area contributed by atoms with Gasteiger partial charge in [-0.1, -0.05) is 27.8 Å². The highest BCUT2D eigenvalue weighted by atomic mass is 79.9. The van der Waals surface area contributed by atoms with Gasteiger partial charge in [0.15, 0.2) is 0 Å². The summed E-state index contributed by atoms with van der Waals surface area (Å²) in [5.74, 6) is 3.70. The Morgan fingerprint density at radius 3 is 2.44 bits per heavy atom. The maximum Gasteiger partial charge on any atom is 0.417 e. The molecule has 0 saturated heterocycles. The zero-order valence-corrected chi connectivity index (χ0v) is 9.41. The van der Waals surface area contributed by atoms with Gasteiger partial charge in [0.1, 0.15) is 5.82 Å². The quantitative estimate of drug-likeness (QED) is 0.338. The molecular weight excluding hydrogens is 290 g/mol. The molecule has 0 fully saturated rings. The molecule has 1 aromatic carbocycles. The largest absolute Gasteiger partial charge is 0.417 e. The monoisotopic (exact) mass is 295 g/mol. The second-order valence-electron chi connectivity index (χ2n) is 2.85. The molecule has 0 aliphatic carbocycles. The third kappa shape index (κ3) is 2.89. The fourth-order valence-corrected chi connectivity index (χ4v) is 1.20. The van der Waals surface area contributed by atoms with Crippen LogP contribution in [0.1, 0.15) is 11.1 Å². The molecule has 0 aliphatic rings. The van der Waals surface area contributed by atoms with Crippen LogP contribution in [0.15, 0.2) is 12.1 Å². The minimum absolute atomic E-state index is 0.205. The standard InChI is InChI=1S/C10H6BrF4N/c11-3-1-2-6-4-8(12)9(16)5-7(6)10(13,14)15/h4-5H,3,16H2. The van der Waals surface area contributed by atoms with Crippen LogP contribution in [0, 0.1) is 17.7 Å². The van der Waals surface area contributed by atoms with Crippen molar-refractivity contribution in [3.8, 4) is 11.8 Å². The van der Waals surface area contributed by atoms with Gasteiger partial charge in [0.05, 0.1) is 16.6 Å². The summed E-state index contributed by atoms with van der Waals surface area (Å²) in [6, 6.07) is 1.24. The summed E-state index contributed by atoms with van der Waals surface area (Å²) in [5, 5.41) is 0.205. The molecule has 2 N–H and O–H groups in total. The molecule has 6 heteroatoms. The Kier molecular flexibility index (Phi) is 3.81. The molecule has 0 spiro atoms. The van der Waals surface area contributed by atoms with Gasteiger partial charge in [0.2, 0.25) is 0 Å². The lowest BCUT2D eigenvalue weighted by atomic mass is 10.1. The molecule has 0 radical (unpaired) electrons. The number of anilines is 1. The third-order valence-electron chi connectivity index (χ3n) is 1.73. The van der Waals surface area contributed by atoms with Crippen molar-refractivity contribution in [2.45, 2.75) is 6.18 Å².